The molecule has 0 radical (unpaired) electrons. The summed E-state index contributed by atoms with van der Waals surface area (Å²) >= 11 is 0. The number of anilines is 1. The van der Waals surface area contributed by atoms with E-state index in [0.717, 1.165) is 5.56 Å². The second-order valence-electron chi connectivity index (χ2n) is 5.80. The third kappa shape index (κ3) is 5.80. The normalized spacial score (nSPS) is 11.4. The lowest BCUT2D eigenvalue weighted by molar-refractivity contribution is 0.0948. The van der Waals surface area contributed by atoms with Crippen molar-refractivity contribution in [3.8, 4) is 0 Å². The first-order chi connectivity index (χ1) is 11.8. The molecule has 1 aromatic carbocycles. The zero-order valence-corrected chi connectivity index (χ0v) is 14.9. The molecule has 0 unspecified atom stereocenters. The second-order valence-corrected chi connectivity index (χ2v) is 7.36. The number of nitrogens with two attached hydrogens (primary N) is 1. The Balaban J connectivity index is 1.86. The molecule has 4 N–H and O–H groups in total. The quantitative estimate of drug-likeness (QED) is 0.671. The lowest BCUT2D eigenvalue weighted by atomic mass is 10.1. The van der Waals surface area contributed by atoms with Crippen molar-refractivity contribution in [3.05, 3.63) is 47.7 Å². The number of benzene rings is 1. The van der Waals surface area contributed by atoms with Gasteiger partial charge >= 0.3 is 0 Å². The molecule has 0 fully saturated rings. The van der Waals surface area contributed by atoms with Crippen LogP contribution >= 0.6 is 0 Å². The van der Waals surface area contributed by atoms with Crippen LogP contribution in [0.3, 0.4) is 0 Å². The Kier molecular flexibility index (Phi) is 6.05. The fourth-order valence-corrected chi connectivity index (χ4v) is 2.60. The van der Waals surface area contributed by atoms with Gasteiger partial charge in [-0.3, -0.25) is 4.79 Å². The Labute approximate surface area is 146 Å². The molecule has 0 aliphatic rings. The topological polar surface area (TPSA) is 127 Å². The minimum Gasteiger partial charge on any atom is -0.366 e. The molecule has 0 aliphatic heterocycles. The molecule has 134 valence electrons. The Hall–Kier alpha value is -2.52. The van der Waals surface area contributed by atoms with Crippen molar-refractivity contribution in [2.75, 3.05) is 11.9 Å². The van der Waals surface area contributed by atoms with Crippen LogP contribution < -0.4 is 15.8 Å². The number of rotatable bonds is 7. The maximum absolute atomic E-state index is 12.0. The minimum absolute atomic E-state index is 0.0608. The standard InChI is InChI=1S/C16H21N5O3S/c1-11(2)19-15-8-7-14(20-21-15)16(22)18-10-9-12-3-5-13(6-4-12)25(17,23)24/h3-8,11H,9-10H2,1-2H3,(H,18,22)(H,19,21)(H2,17,23,24). The van der Waals surface area contributed by atoms with E-state index in [0.29, 0.717) is 18.8 Å². The van der Waals surface area contributed by atoms with Crippen LogP contribution in [0.25, 0.3) is 0 Å². The first-order valence-electron chi connectivity index (χ1n) is 7.76. The Morgan fingerprint density at radius 2 is 1.80 bits per heavy atom. The zero-order valence-electron chi connectivity index (χ0n) is 14.1. The van der Waals surface area contributed by atoms with Gasteiger partial charge in [-0.2, -0.15) is 0 Å². The first kappa shape index (κ1) is 18.8. The summed E-state index contributed by atoms with van der Waals surface area (Å²) in [6, 6.07) is 9.75. The first-order valence-corrected chi connectivity index (χ1v) is 9.30. The Bertz CT molecular complexity index is 818. The molecular formula is C16H21N5O3S. The van der Waals surface area contributed by atoms with Gasteiger partial charge in [-0.1, -0.05) is 12.1 Å². The number of hydrogen-bond acceptors (Lipinski definition) is 6. The molecule has 0 saturated carbocycles. The number of carbonyl (C=O) groups excluding carboxylic acids is 1. The Morgan fingerprint density at radius 3 is 2.32 bits per heavy atom. The van der Waals surface area contributed by atoms with Crippen LogP contribution in [0.1, 0.15) is 29.9 Å². The number of nitrogens with one attached hydrogen (secondary N) is 2. The largest absolute Gasteiger partial charge is 0.366 e. The van der Waals surface area contributed by atoms with E-state index in [1.807, 2.05) is 13.8 Å². The van der Waals surface area contributed by atoms with E-state index in [4.69, 9.17) is 5.14 Å². The van der Waals surface area contributed by atoms with Crippen LogP contribution in [0.4, 0.5) is 5.82 Å². The van der Waals surface area contributed by atoms with E-state index in [2.05, 4.69) is 20.8 Å². The van der Waals surface area contributed by atoms with Crippen LogP contribution in [0.15, 0.2) is 41.3 Å². The van der Waals surface area contributed by atoms with Crippen molar-refractivity contribution in [2.24, 2.45) is 5.14 Å². The van der Waals surface area contributed by atoms with Crippen molar-refractivity contribution >= 4 is 21.7 Å². The van der Waals surface area contributed by atoms with Gasteiger partial charge in [0.1, 0.15) is 5.82 Å². The maximum Gasteiger partial charge on any atom is 0.271 e. The average molecular weight is 363 g/mol. The van der Waals surface area contributed by atoms with E-state index in [9.17, 15) is 13.2 Å². The molecule has 0 saturated heterocycles. The number of nitrogens with zero attached hydrogens (tertiary/aromatic N) is 2. The molecule has 8 nitrogen and oxygen atoms in total. The highest BCUT2D eigenvalue weighted by Gasteiger charge is 2.09. The number of sulfonamides is 1. The smallest absolute Gasteiger partial charge is 0.271 e. The molecule has 9 heteroatoms. The fraction of sp³-hybridized carbons (Fsp3) is 0.312. The lowest BCUT2D eigenvalue weighted by Gasteiger charge is -2.08. The highest BCUT2D eigenvalue weighted by atomic mass is 32.2. The predicted molar refractivity (Wildman–Crippen MR) is 94.6 cm³/mol. The second kappa shape index (κ2) is 8.04. The fourth-order valence-electron chi connectivity index (χ4n) is 2.08. The third-order valence-electron chi connectivity index (χ3n) is 3.28. The van der Waals surface area contributed by atoms with Crippen molar-refractivity contribution in [1.82, 2.24) is 15.5 Å². The van der Waals surface area contributed by atoms with Crippen LogP contribution in [0, 0.1) is 0 Å². The maximum atomic E-state index is 12.0. The zero-order chi connectivity index (χ0) is 18.4. The van der Waals surface area contributed by atoms with Gasteiger partial charge in [0.05, 0.1) is 4.90 Å². The van der Waals surface area contributed by atoms with Crippen LogP contribution in [0.5, 0.6) is 0 Å². The summed E-state index contributed by atoms with van der Waals surface area (Å²) in [7, 11) is -3.69. The predicted octanol–water partition coefficient (Wildman–Crippen LogP) is 0.917. The molecule has 0 atom stereocenters. The lowest BCUT2D eigenvalue weighted by Crippen LogP contribution is -2.27. The van der Waals surface area contributed by atoms with Gasteiger partial charge in [0.15, 0.2) is 5.69 Å². The van der Waals surface area contributed by atoms with Crippen LogP contribution in [0.2, 0.25) is 0 Å². The van der Waals surface area contributed by atoms with Crippen molar-refractivity contribution in [1.29, 1.82) is 0 Å². The van der Waals surface area contributed by atoms with Crippen molar-refractivity contribution < 1.29 is 13.2 Å². The molecule has 25 heavy (non-hydrogen) atoms. The molecule has 0 bridgehead atoms. The molecule has 1 heterocycles. The molecule has 2 aromatic rings. The number of primary sulfonamides is 1. The summed E-state index contributed by atoms with van der Waals surface area (Å²) in [4.78, 5) is 12.1. The third-order valence-corrected chi connectivity index (χ3v) is 4.21. The minimum atomic E-state index is -3.69. The number of hydrogen-bond donors (Lipinski definition) is 3. The van der Waals surface area contributed by atoms with E-state index in [1.165, 1.54) is 12.1 Å². The van der Waals surface area contributed by atoms with Crippen LogP contribution in [-0.2, 0) is 16.4 Å². The van der Waals surface area contributed by atoms with E-state index < -0.39 is 10.0 Å². The van der Waals surface area contributed by atoms with Gasteiger partial charge in [-0.05, 0) is 50.1 Å². The van der Waals surface area contributed by atoms with Gasteiger partial charge in [0.2, 0.25) is 10.0 Å². The summed E-state index contributed by atoms with van der Waals surface area (Å²) in [5.74, 6) is 0.297. The van der Waals surface area contributed by atoms with Gasteiger partial charge in [-0.15, -0.1) is 10.2 Å². The molecule has 0 aliphatic carbocycles. The van der Waals surface area contributed by atoms with Crippen LogP contribution in [-0.4, -0.2) is 37.1 Å². The van der Waals surface area contributed by atoms with E-state index in [1.54, 1.807) is 24.3 Å². The summed E-state index contributed by atoms with van der Waals surface area (Å²) in [6.07, 6.45) is 0.553. The van der Waals surface area contributed by atoms with Gasteiger partial charge in [-0.25, -0.2) is 13.6 Å². The van der Waals surface area contributed by atoms with Gasteiger partial charge in [0, 0.05) is 12.6 Å². The molecular weight excluding hydrogens is 342 g/mol. The number of amides is 1. The highest BCUT2D eigenvalue weighted by Crippen LogP contribution is 2.09. The van der Waals surface area contributed by atoms with Crippen molar-refractivity contribution in [3.63, 3.8) is 0 Å². The van der Waals surface area contributed by atoms with Gasteiger partial charge < -0.3 is 10.6 Å². The molecule has 0 spiro atoms. The highest BCUT2D eigenvalue weighted by molar-refractivity contribution is 7.89. The molecule has 2 rings (SSSR count). The SMILES string of the molecule is CC(C)Nc1ccc(C(=O)NCCc2ccc(S(N)(=O)=O)cc2)nn1. The van der Waals surface area contributed by atoms with Gasteiger partial charge in [0.25, 0.3) is 5.91 Å². The number of carbonyl (C=O) groups is 1. The monoisotopic (exact) mass is 363 g/mol. The molecule has 1 amide bonds. The Morgan fingerprint density at radius 1 is 1.12 bits per heavy atom. The molecule has 1 aromatic heterocycles. The number of aromatic nitrogens is 2. The van der Waals surface area contributed by atoms with Crippen molar-refractivity contribution in [2.45, 2.75) is 31.2 Å². The summed E-state index contributed by atoms with van der Waals surface area (Å²) in [5, 5.41) is 18.7. The summed E-state index contributed by atoms with van der Waals surface area (Å²) in [5.41, 5.74) is 1.12. The summed E-state index contributed by atoms with van der Waals surface area (Å²) < 4.78 is 22.4. The van der Waals surface area contributed by atoms with E-state index in [-0.39, 0.29) is 22.5 Å². The summed E-state index contributed by atoms with van der Waals surface area (Å²) in [6.45, 7) is 4.36. The van der Waals surface area contributed by atoms with E-state index >= 15 is 0 Å². The average Bonchev–Trinajstić information content (AvgIpc) is 2.54.